The van der Waals surface area contributed by atoms with Crippen molar-refractivity contribution in [3.63, 3.8) is 0 Å². The number of amides is 1. The first-order valence-corrected chi connectivity index (χ1v) is 5.49. The molecule has 2 aromatic heterocycles. The lowest BCUT2D eigenvalue weighted by Crippen LogP contribution is -2.13. The Bertz CT molecular complexity index is 623. The molecular formula is C13H11N3O3. The van der Waals surface area contributed by atoms with Gasteiger partial charge in [0.25, 0.3) is 5.91 Å². The van der Waals surface area contributed by atoms with Crippen molar-refractivity contribution < 1.29 is 14.7 Å². The number of anilines is 1. The van der Waals surface area contributed by atoms with Crippen LogP contribution in [0.3, 0.4) is 0 Å². The van der Waals surface area contributed by atoms with Crippen LogP contribution in [0.25, 0.3) is 0 Å². The van der Waals surface area contributed by atoms with Gasteiger partial charge in [-0.05, 0) is 31.2 Å². The van der Waals surface area contributed by atoms with Crippen LogP contribution in [0.2, 0.25) is 0 Å². The molecule has 0 aromatic carbocycles. The Morgan fingerprint density at radius 1 is 1.21 bits per heavy atom. The second-order valence-corrected chi connectivity index (χ2v) is 3.88. The van der Waals surface area contributed by atoms with Crippen LogP contribution in [0.5, 0.6) is 0 Å². The van der Waals surface area contributed by atoms with Crippen LogP contribution in [0.1, 0.15) is 26.5 Å². The third-order valence-corrected chi connectivity index (χ3v) is 2.41. The van der Waals surface area contributed by atoms with E-state index in [-0.39, 0.29) is 11.3 Å². The topological polar surface area (TPSA) is 92.2 Å². The zero-order chi connectivity index (χ0) is 13.8. The molecule has 0 unspecified atom stereocenters. The predicted octanol–water partition coefficient (Wildman–Crippen LogP) is 1.74. The highest BCUT2D eigenvalue weighted by molar-refractivity contribution is 6.05. The molecule has 0 saturated carbocycles. The fraction of sp³-hybridized carbons (Fsp3) is 0.0769. The summed E-state index contributed by atoms with van der Waals surface area (Å²) in [5.41, 5.74) is 1.45. The Morgan fingerprint density at radius 3 is 2.63 bits per heavy atom. The summed E-state index contributed by atoms with van der Waals surface area (Å²) < 4.78 is 0. The minimum atomic E-state index is -1.17. The largest absolute Gasteiger partial charge is 0.477 e. The molecule has 0 saturated heterocycles. The maximum atomic E-state index is 11.9. The van der Waals surface area contributed by atoms with E-state index in [1.165, 1.54) is 24.5 Å². The van der Waals surface area contributed by atoms with Crippen molar-refractivity contribution in [3.05, 3.63) is 53.6 Å². The van der Waals surface area contributed by atoms with Gasteiger partial charge in [0.05, 0.1) is 11.9 Å². The first-order valence-electron chi connectivity index (χ1n) is 5.49. The summed E-state index contributed by atoms with van der Waals surface area (Å²) in [6.07, 6.45) is 2.82. The lowest BCUT2D eigenvalue weighted by molar-refractivity contribution is 0.0690. The molecule has 0 aliphatic rings. The fourth-order valence-electron chi connectivity index (χ4n) is 1.43. The molecule has 2 rings (SSSR count). The Hall–Kier alpha value is -2.76. The van der Waals surface area contributed by atoms with Crippen molar-refractivity contribution >= 4 is 17.6 Å². The Labute approximate surface area is 109 Å². The number of nitrogens with one attached hydrogen (secondary N) is 1. The van der Waals surface area contributed by atoms with Crippen molar-refractivity contribution in [2.45, 2.75) is 6.92 Å². The lowest BCUT2D eigenvalue weighted by atomic mass is 10.2. The molecule has 19 heavy (non-hydrogen) atoms. The molecule has 0 radical (unpaired) electrons. The summed E-state index contributed by atoms with van der Waals surface area (Å²) in [4.78, 5) is 30.4. The second-order valence-electron chi connectivity index (χ2n) is 3.88. The van der Waals surface area contributed by atoms with Gasteiger partial charge in [-0.25, -0.2) is 9.78 Å². The maximum absolute atomic E-state index is 11.9. The third kappa shape index (κ3) is 3.12. The van der Waals surface area contributed by atoms with Crippen LogP contribution >= 0.6 is 0 Å². The summed E-state index contributed by atoms with van der Waals surface area (Å²) in [7, 11) is 0. The van der Waals surface area contributed by atoms with E-state index in [0.717, 1.165) is 5.69 Å². The molecule has 2 heterocycles. The highest BCUT2D eigenvalue weighted by atomic mass is 16.4. The molecule has 0 bridgehead atoms. The van der Waals surface area contributed by atoms with E-state index in [1.807, 2.05) is 6.92 Å². The molecule has 0 spiro atoms. The van der Waals surface area contributed by atoms with Crippen molar-refractivity contribution in [1.29, 1.82) is 0 Å². The van der Waals surface area contributed by atoms with E-state index in [4.69, 9.17) is 5.11 Å². The monoisotopic (exact) mass is 257 g/mol. The third-order valence-electron chi connectivity index (χ3n) is 2.41. The number of carbonyl (C=O) groups is 2. The number of aromatic carboxylic acids is 1. The number of nitrogens with zero attached hydrogens (tertiary/aromatic N) is 2. The zero-order valence-electron chi connectivity index (χ0n) is 10.1. The quantitative estimate of drug-likeness (QED) is 0.873. The van der Waals surface area contributed by atoms with E-state index >= 15 is 0 Å². The number of hydrogen-bond acceptors (Lipinski definition) is 4. The maximum Gasteiger partial charge on any atom is 0.354 e. The Morgan fingerprint density at radius 2 is 2.00 bits per heavy atom. The van der Waals surface area contributed by atoms with Gasteiger partial charge in [0.2, 0.25) is 0 Å². The van der Waals surface area contributed by atoms with Gasteiger partial charge in [0.1, 0.15) is 5.69 Å². The van der Waals surface area contributed by atoms with Crippen molar-refractivity contribution in [1.82, 2.24) is 9.97 Å². The standard InChI is InChI=1S/C13H11N3O3/c1-8-2-3-10(7-15-8)16-12(17)9-4-5-14-11(6-9)13(18)19/h2-7H,1H3,(H,16,17)(H,18,19). The van der Waals surface area contributed by atoms with Gasteiger partial charge in [-0.3, -0.25) is 9.78 Å². The van der Waals surface area contributed by atoms with Gasteiger partial charge in [-0.1, -0.05) is 0 Å². The normalized spacial score (nSPS) is 9.95. The summed E-state index contributed by atoms with van der Waals surface area (Å²) in [5.74, 6) is -1.58. The number of rotatable bonds is 3. The summed E-state index contributed by atoms with van der Waals surface area (Å²) in [5, 5.41) is 11.4. The number of aryl methyl sites for hydroxylation is 1. The molecule has 0 atom stereocenters. The smallest absolute Gasteiger partial charge is 0.354 e. The zero-order valence-corrected chi connectivity index (χ0v) is 10.1. The molecule has 2 aromatic rings. The van der Waals surface area contributed by atoms with E-state index in [2.05, 4.69) is 15.3 Å². The van der Waals surface area contributed by atoms with Crippen LogP contribution in [-0.2, 0) is 0 Å². The molecular weight excluding hydrogens is 246 g/mol. The van der Waals surface area contributed by atoms with Gasteiger partial charge in [0, 0.05) is 17.5 Å². The van der Waals surface area contributed by atoms with E-state index in [1.54, 1.807) is 12.1 Å². The number of hydrogen-bond donors (Lipinski definition) is 2. The number of carboxylic acids is 1. The molecule has 0 aliphatic heterocycles. The second kappa shape index (κ2) is 5.26. The highest BCUT2D eigenvalue weighted by Crippen LogP contribution is 2.09. The van der Waals surface area contributed by atoms with Crippen LogP contribution in [0, 0.1) is 6.92 Å². The van der Waals surface area contributed by atoms with Gasteiger partial charge >= 0.3 is 5.97 Å². The summed E-state index contributed by atoms with van der Waals surface area (Å²) >= 11 is 0. The van der Waals surface area contributed by atoms with Gasteiger partial charge in [-0.2, -0.15) is 0 Å². The lowest BCUT2D eigenvalue weighted by Gasteiger charge is -2.05. The Balaban J connectivity index is 2.18. The molecule has 96 valence electrons. The highest BCUT2D eigenvalue weighted by Gasteiger charge is 2.10. The summed E-state index contributed by atoms with van der Waals surface area (Å²) in [6, 6.07) is 6.16. The van der Waals surface area contributed by atoms with Gasteiger partial charge in [0.15, 0.2) is 0 Å². The van der Waals surface area contributed by atoms with Crippen LogP contribution in [0.15, 0.2) is 36.7 Å². The number of aromatic nitrogens is 2. The first-order chi connectivity index (χ1) is 9.06. The van der Waals surface area contributed by atoms with Crippen molar-refractivity contribution in [2.24, 2.45) is 0 Å². The molecule has 1 amide bonds. The van der Waals surface area contributed by atoms with Crippen LogP contribution in [0.4, 0.5) is 5.69 Å². The SMILES string of the molecule is Cc1ccc(NC(=O)c2ccnc(C(=O)O)c2)cn1. The minimum absolute atomic E-state index is 0.172. The molecule has 6 nitrogen and oxygen atoms in total. The van der Waals surface area contributed by atoms with Crippen molar-refractivity contribution in [3.8, 4) is 0 Å². The van der Waals surface area contributed by atoms with Crippen LogP contribution < -0.4 is 5.32 Å². The van der Waals surface area contributed by atoms with Gasteiger partial charge in [-0.15, -0.1) is 0 Å². The average molecular weight is 257 g/mol. The fourth-order valence-corrected chi connectivity index (χ4v) is 1.43. The first kappa shape index (κ1) is 12.7. The molecule has 2 N–H and O–H groups in total. The van der Waals surface area contributed by atoms with E-state index in [0.29, 0.717) is 5.69 Å². The Kier molecular flexibility index (Phi) is 3.51. The molecule has 0 fully saturated rings. The van der Waals surface area contributed by atoms with Crippen LogP contribution in [-0.4, -0.2) is 27.0 Å². The van der Waals surface area contributed by atoms with E-state index < -0.39 is 11.9 Å². The molecule has 6 heteroatoms. The predicted molar refractivity (Wildman–Crippen MR) is 68.1 cm³/mol. The average Bonchev–Trinajstić information content (AvgIpc) is 2.41. The van der Waals surface area contributed by atoms with E-state index in [9.17, 15) is 9.59 Å². The van der Waals surface area contributed by atoms with Gasteiger partial charge < -0.3 is 10.4 Å². The van der Waals surface area contributed by atoms with Crippen molar-refractivity contribution in [2.75, 3.05) is 5.32 Å². The number of pyridine rings is 2. The minimum Gasteiger partial charge on any atom is -0.477 e. The number of carboxylic acid groups (broad SMARTS) is 1. The number of carbonyl (C=O) groups excluding carboxylic acids is 1. The summed E-state index contributed by atoms with van der Waals surface area (Å²) in [6.45, 7) is 1.84. The molecule has 0 aliphatic carbocycles.